The highest BCUT2D eigenvalue weighted by Crippen LogP contribution is 2.26. The molecule has 4 heteroatoms. The Hall–Kier alpha value is -1.42. The normalized spacial score (nSPS) is 22.0. The van der Waals surface area contributed by atoms with Crippen molar-refractivity contribution in [2.75, 3.05) is 6.54 Å². The van der Waals surface area contributed by atoms with Gasteiger partial charge in [-0.2, -0.15) is 0 Å². The topological polar surface area (TPSA) is 53.6 Å². The van der Waals surface area contributed by atoms with E-state index in [0.29, 0.717) is 6.04 Å². The zero-order valence-corrected chi connectivity index (χ0v) is 8.53. The number of H-pyrrole nitrogens is 1. The Morgan fingerprint density at radius 1 is 1.27 bits per heavy atom. The van der Waals surface area contributed by atoms with E-state index in [1.165, 1.54) is 24.8 Å². The van der Waals surface area contributed by atoms with Crippen molar-refractivity contribution < 1.29 is 0 Å². The molecule has 1 aliphatic rings. The minimum absolute atomic E-state index is 0.463. The molecule has 2 aromatic heterocycles. The maximum Gasteiger partial charge on any atom is 0.177 e. The maximum atomic E-state index is 4.23. The Morgan fingerprint density at radius 2 is 2.27 bits per heavy atom. The Balaban J connectivity index is 2.05. The molecule has 1 saturated heterocycles. The SMILES string of the molecule is c1cc(C2CCCCN2)c2[nH]cnc2n1. The molecular weight excluding hydrogens is 188 g/mol. The van der Waals surface area contributed by atoms with Gasteiger partial charge >= 0.3 is 0 Å². The average molecular weight is 202 g/mol. The number of rotatable bonds is 1. The predicted octanol–water partition coefficient (Wildman–Crippen LogP) is 1.77. The molecule has 15 heavy (non-hydrogen) atoms. The second kappa shape index (κ2) is 3.62. The molecule has 4 nitrogen and oxygen atoms in total. The Labute approximate surface area is 88.1 Å². The Morgan fingerprint density at radius 3 is 3.13 bits per heavy atom. The van der Waals surface area contributed by atoms with E-state index >= 15 is 0 Å². The zero-order valence-electron chi connectivity index (χ0n) is 8.53. The number of hydrogen-bond donors (Lipinski definition) is 2. The van der Waals surface area contributed by atoms with Gasteiger partial charge in [-0.1, -0.05) is 6.42 Å². The first kappa shape index (κ1) is 8.85. The monoisotopic (exact) mass is 202 g/mol. The summed E-state index contributed by atoms with van der Waals surface area (Å²) in [7, 11) is 0. The summed E-state index contributed by atoms with van der Waals surface area (Å²) in [4.78, 5) is 11.6. The molecule has 0 bridgehead atoms. The Kier molecular flexibility index (Phi) is 2.14. The maximum absolute atomic E-state index is 4.23. The lowest BCUT2D eigenvalue weighted by molar-refractivity contribution is 0.414. The fraction of sp³-hybridized carbons (Fsp3) is 0.455. The van der Waals surface area contributed by atoms with Crippen LogP contribution in [0.2, 0.25) is 0 Å². The summed E-state index contributed by atoms with van der Waals surface area (Å²) < 4.78 is 0. The van der Waals surface area contributed by atoms with Crippen LogP contribution in [0.4, 0.5) is 0 Å². The number of piperidine rings is 1. The summed E-state index contributed by atoms with van der Waals surface area (Å²) in [5.41, 5.74) is 3.20. The van der Waals surface area contributed by atoms with Crippen molar-refractivity contribution in [2.24, 2.45) is 0 Å². The quantitative estimate of drug-likeness (QED) is 0.741. The number of fused-ring (bicyclic) bond motifs is 1. The van der Waals surface area contributed by atoms with E-state index in [2.05, 4.69) is 26.3 Å². The van der Waals surface area contributed by atoms with E-state index < -0.39 is 0 Å². The van der Waals surface area contributed by atoms with Crippen molar-refractivity contribution >= 4 is 11.2 Å². The molecule has 0 aliphatic carbocycles. The standard InChI is InChI=1S/C11H14N4/c1-2-5-12-9(3-1)8-4-6-13-11-10(8)14-7-15-11/h4,6-7,9,12H,1-3,5H2,(H,13,14,15). The van der Waals surface area contributed by atoms with Crippen LogP contribution in [-0.2, 0) is 0 Å². The molecule has 1 fully saturated rings. The highest BCUT2D eigenvalue weighted by molar-refractivity contribution is 5.74. The highest BCUT2D eigenvalue weighted by Gasteiger charge is 2.17. The zero-order chi connectivity index (χ0) is 10.1. The van der Waals surface area contributed by atoms with Gasteiger partial charge in [0.2, 0.25) is 0 Å². The summed E-state index contributed by atoms with van der Waals surface area (Å²) in [6, 6.07) is 2.55. The minimum Gasteiger partial charge on any atom is -0.343 e. The van der Waals surface area contributed by atoms with E-state index in [1.54, 1.807) is 6.33 Å². The molecule has 1 atom stereocenters. The van der Waals surface area contributed by atoms with Crippen LogP contribution in [0, 0.1) is 0 Å². The van der Waals surface area contributed by atoms with Crippen molar-refractivity contribution in [1.82, 2.24) is 20.3 Å². The summed E-state index contributed by atoms with van der Waals surface area (Å²) in [6.45, 7) is 1.11. The third-order valence-electron chi connectivity index (χ3n) is 3.04. The average Bonchev–Trinajstić information content (AvgIpc) is 2.78. The van der Waals surface area contributed by atoms with Crippen molar-refractivity contribution in [3.63, 3.8) is 0 Å². The number of nitrogens with one attached hydrogen (secondary N) is 2. The highest BCUT2D eigenvalue weighted by atomic mass is 15.0. The molecule has 1 unspecified atom stereocenters. The Bertz CT molecular complexity index is 456. The van der Waals surface area contributed by atoms with Gasteiger partial charge < -0.3 is 10.3 Å². The lowest BCUT2D eigenvalue weighted by atomic mass is 9.98. The van der Waals surface area contributed by atoms with Crippen LogP contribution in [-0.4, -0.2) is 21.5 Å². The van der Waals surface area contributed by atoms with Gasteiger partial charge in [0.05, 0.1) is 11.8 Å². The number of hydrogen-bond acceptors (Lipinski definition) is 3. The third kappa shape index (κ3) is 1.51. The van der Waals surface area contributed by atoms with Crippen LogP contribution in [0.25, 0.3) is 11.2 Å². The number of aromatic amines is 1. The minimum atomic E-state index is 0.463. The number of aromatic nitrogens is 3. The van der Waals surface area contributed by atoms with Crippen LogP contribution >= 0.6 is 0 Å². The molecule has 3 rings (SSSR count). The first-order chi connectivity index (χ1) is 7.45. The number of imidazole rings is 1. The molecule has 0 radical (unpaired) electrons. The second-order valence-corrected chi connectivity index (χ2v) is 4.00. The van der Waals surface area contributed by atoms with Crippen LogP contribution in [0.5, 0.6) is 0 Å². The van der Waals surface area contributed by atoms with Crippen LogP contribution < -0.4 is 5.32 Å². The van der Waals surface area contributed by atoms with E-state index in [9.17, 15) is 0 Å². The summed E-state index contributed by atoms with van der Waals surface area (Å²) in [6.07, 6.45) is 7.35. The molecule has 0 aromatic carbocycles. The largest absolute Gasteiger partial charge is 0.343 e. The van der Waals surface area contributed by atoms with Crippen molar-refractivity contribution in [2.45, 2.75) is 25.3 Å². The van der Waals surface area contributed by atoms with Gasteiger partial charge in [-0.15, -0.1) is 0 Å². The van der Waals surface area contributed by atoms with Crippen LogP contribution in [0.3, 0.4) is 0 Å². The molecule has 0 saturated carbocycles. The predicted molar refractivity (Wildman–Crippen MR) is 58.5 cm³/mol. The molecule has 78 valence electrons. The fourth-order valence-corrected chi connectivity index (χ4v) is 2.28. The lowest BCUT2D eigenvalue weighted by Gasteiger charge is -2.23. The second-order valence-electron chi connectivity index (χ2n) is 4.00. The number of nitrogens with zero attached hydrogens (tertiary/aromatic N) is 2. The smallest absolute Gasteiger partial charge is 0.177 e. The first-order valence-electron chi connectivity index (χ1n) is 5.46. The summed E-state index contributed by atoms with van der Waals surface area (Å²) in [5.74, 6) is 0. The van der Waals surface area contributed by atoms with Gasteiger partial charge in [-0.25, -0.2) is 9.97 Å². The molecule has 3 heterocycles. The van der Waals surface area contributed by atoms with Crippen molar-refractivity contribution in [3.8, 4) is 0 Å². The van der Waals surface area contributed by atoms with Crippen molar-refractivity contribution in [1.29, 1.82) is 0 Å². The molecule has 2 aromatic rings. The third-order valence-corrected chi connectivity index (χ3v) is 3.04. The molecule has 1 aliphatic heterocycles. The lowest BCUT2D eigenvalue weighted by Crippen LogP contribution is -2.26. The molecular formula is C11H14N4. The van der Waals surface area contributed by atoms with Crippen LogP contribution in [0.1, 0.15) is 30.9 Å². The van der Waals surface area contributed by atoms with Crippen molar-refractivity contribution in [3.05, 3.63) is 24.2 Å². The molecule has 2 N–H and O–H groups in total. The van der Waals surface area contributed by atoms with E-state index in [0.717, 1.165) is 17.7 Å². The summed E-state index contributed by atoms with van der Waals surface area (Å²) >= 11 is 0. The fourth-order valence-electron chi connectivity index (χ4n) is 2.28. The van der Waals surface area contributed by atoms with Gasteiger partial charge in [0.15, 0.2) is 5.65 Å². The van der Waals surface area contributed by atoms with Gasteiger partial charge in [-0.3, -0.25) is 0 Å². The van der Waals surface area contributed by atoms with Gasteiger partial charge in [-0.05, 0) is 31.0 Å². The molecule has 0 spiro atoms. The van der Waals surface area contributed by atoms with E-state index in [-0.39, 0.29) is 0 Å². The van der Waals surface area contributed by atoms with Gasteiger partial charge in [0.1, 0.15) is 0 Å². The van der Waals surface area contributed by atoms with Gasteiger partial charge in [0, 0.05) is 12.2 Å². The van der Waals surface area contributed by atoms with Crippen LogP contribution in [0.15, 0.2) is 18.6 Å². The van der Waals surface area contributed by atoms with E-state index in [1.807, 2.05) is 6.20 Å². The number of pyridine rings is 1. The first-order valence-corrected chi connectivity index (χ1v) is 5.46. The molecule has 0 amide bonds. The van der Waals surface area contributed by atoms with E-state index in [4.69, 9.17) is 0 Å². The summed E-state index contributed by atoms with van der Waals surface area (Å²) in [5, 5.41) is 3.54. The van der Waals surface area contributed by atoms with Gasteiger partial charge in [0.25, 0.3) is 0 Å².